The third kappa shape index (κ3) is 2.64. The van der Waals surface area contributed by atoms with E-state index in [9.17, 15) is 5.11 Å². The molecule has 2 aromatic rings. The first-order valence-electron chi connectivity index (χ1n) is 6.11. The summed E-state index contributed by atoms with van der Waals surface area (Å²) in [4.78, 5) is 5.86. The molecule has 0 bridgehead atoms. The molecule has 1 fully saturated rings. The molecule has 0 atom stereocenters. The monoisotopic (exact) mass is 280 g/mol. The van der Waals surface area contributed by atoms with Crippen LogP contribution in [-0.4, -0.2) is 23.2 Å². The molecular weight excluding hydrogens is 264 g/mol. The molecule has 0 aliphatic heterocycles. The highest BCUT2D eigenvalue weighted by Gasteiger charge is 2.41. The number of thiazole rings is 1. The lowest BCUT2D eigenvalue weighted by atomic mass is 10.1. The minimum Gasteiger partial charge on any atom is -0.396 e. The fourth-order valence-corrected chi connectivity index (χ4v) is 3.56. The number of aliphatic hydroxyl groups is 1. The van der Waals surface area contributed by atoms with Crippen LogP contribution in [0.25, 0.3) is 9.88 Å². The van der Waals surface area contributed by atoms with E-state index >= 15 is 0 Å². The summed E-state index contributed by atoms with van der Waals surface area (Å²) in [6.07, 6.45) is 2.29. The zero-order chi connectivity index (χ0) is 12.4. The van der Waals surface area contributed by atoms with E-state index in [2.05, 4.69) is 33.2 Å². The molecule has 0 spiro atoms. The maximum Gasteiger partial charge on any atom is 0.133 e. The van der Waals surface area contributed by atoms with Gasteiger partial charge >= 0.3 is 0 Å². The van der Waals surface area contributed by atoms with Crippen molar-refractivity contribution in [1.82, 2.24) is 10.3 Å². The van der Waals surface area contributed by atoms with Gasteiger partial charge in [-0.2, -0.15) is 0 Å². The summed E-state index contributed by atoms with van der Waals surface area (Å²) in [7, 11) is 0. The number of hydrogen-bond acceptors (Lipinski definition) is 5. The van der Waals surface area contributed by atoms with Crippen LogP contribution < -0.4 is 5.32 Å². The van der Waals surface area contributed by atoms with Crippen molar-refractivity contribution in [2.24, 2.45) is 5.41 Å². The Morgan fingerprint density at radius 1 is 1.39 bits per heavy atom. The Bertz CT molecular complexity index is 503. The number of aromatic nitrogens is 1. The molecule has 0 aromatic carbocycles. The highest BCUT2D eigenvalue weighted by molar-refractivity contribution is 7.20. The molecule has 1 aliphatic carbocycles. The van der Waals surface area contributed by atoms with Crippen LogP contribution in [0.15, 0.2) is 22.9 Å². The van der Waals surface area contributed by atoms with Gasteiger partial charge in [0, 0.05) is 30.5 Å². The molecule has 2 heterocycles. The molecule has 2 N–H and O–H groups in total. The van der Waals surface area contributed by atoms with E-state index in [0.717, 1.165) is 36.6 Å². The smallest absolute Gasteiger partial charge is 0.133 e. The van der Waals surface area contributed by atoms with Crippen molar-refractivity contribution in [1.29, 1.82) is 0 Å². The van der Waals surface area contributed by atoms with E-state index in [1.807, 2.05) is 0 Å². The van der Waals surface area contributed by atoms with Crippen LogP contribution in [0.1, 0.15) is 18.5 Å². The first kappa shape index (κ1) is 12.3. The van der Waals surface area contributed by atoms with Crippen LogP contribution in [0.4, 0.5) is 0 Å². The Morgan fingerprint density at radius 2 is 2.28 bits per heavy atom. The second kappa shape index (κ2) is 5.09. The van der Waals surface area contributed by atoms with Crippen LogP contribution in [-0.2, 0) is 6.54 Å². The van der Waals surface area contributed by atoms with Crippen LogP contribution in [0.2, 0.25) is 0 Å². The Hall–Kier alpha value is -0.750. The Labute approximate surface area is 115 Å². The molecule has 0 saturated heterocycles. The van der Waals surface area contributed by atoms with Gasteiger partial charge in [-0.05, 0) is 24.3 Å². The lowest BCUT2D eigenvalue weighted by molar-refractivity contribution is 0.207. The highest BCUT2D eigenvalue weighted by Crippen LogP contribution is 2.44. The van der Waals surface area contributed by atoms with Gasteiger partial charge in [-0.15, -0.1) is 22.7 Å². The normalized spacial score (nSPS) is 16.9. The van der Waals surface area contributed by atoms with Crippen molar-refractivity contribution in [3.05, 3.63) is 28.6 Å². The fourth-order valence-electron chi connectivity index (χ4n) is 1.92. The predicted molar refractivity (Wildman–Crippen MR) is 75.9 cm³/mol. The maximum absolute atomic E-state index is 9.23. The molecule has 5 heteroatoms. The van der Waals surface area contributed by atoms with Gasteiger partial charge in [-0.3, -0.25) is 0 Å². The average molecular weight is 280 g/mol. The molecule has 0 radical (unpaired) electrons. The van der Waals surface area contributed by atoms with E-state index in [0.29, 0.717) is 6.61 Å². The van der Waals surface area contributed by atoms with Gasteiger partial charge in [0.2, 0.25) is 0 Å². The summed E-state index contributed by atoms with van der Waals surface area (Å²) >= 11 is 3.42. The number of thiophene rings is 1. The zero-order valence-corrected chi connectivity index (χ0v) is 11.7. The number of rotatable bonds is 6. The van der Waals surface area contributed by atoms with E-state index in [-0.39, 0.29) is 5.41 Å². The summed E-state index contributed by atoms with van der Waals surface area (Å²) in [6.45, 7) is 2.00. The van der Waals surface area contributed by atoms with Crippen molar-refractivity contribution in [2.75, 3.05) is 13.2 Å². The molecule has 18 heavy (non-hydrogen) atoms. The third-order valence-electron chi connectivity index (χ3n) is 3.38. The molecule has 0 unspecified atom stereocenters. The molecule has 3 rings (SSSR count). The third-order valence-corrected chi connectivity index (χ3v) is 5.31. The number of aliphatic hydroxyl groups excluding tert-OH is 1. The summed E-state index contributed by atoms with van der Waals surface area (Å²) in [5, 5.41) is 17.9. The summed E-state index contributed by atoms with van der Waals surface area (Å²) in [5.41, 5.74) is 1.27. The molecule has 2 aromatic heterocycles. The average Bonchev–Trinajstić information content (AvgIpc) is 2.84. The zero-order valence-electron chi connectivity index (χ0n) is 10.1. The predicted octanol–water partition coefficient (Wildman–Crippen LogP) is 2.73. The van der Waals surface area contributed by atoms with Gasteiger partial charge in [0.25, 0.3) is 0 Å². The van der Waals surface area contributed by atoms with Gasteiger partial charge in [0.1, 0.15) is 5.01 Å². The van der Waals surface area contributed by atoms with E-state index in [1.54, 1.807) is 22.7 Å². The second-order valence-corrected chi connectivity index (χ2v) is 6.69. The van der Waals surface area contributed by atoms with Gasteiger partial charge in [-0.25, -0.2) is 4.98 Å². The van der Waals surface area contributed by atoms with Crippen molar-refractivity contribution in [3.63, 3.8) is 0 Å². The molecule has 1 aliphatic rings. The quantitative estimate of drug-likeness (QED) is 0.855. The topological polar surface area (TPSA) is 45.1 Å². The van der Waals surface area contributed by atoms with E-state index in [1.165, 1.54) is 4.88 Å². The Balaban J connectivity index is 1.54. The molecule has 1 saturated carbocycles. The Kier molecular flexibility index (Phi) is 3.48. The van der Waals surface area contributed by atoms with Crippen LogP contribution >= 0.6 is 22.7 Å². The molecular formula is C13H16N2OS2. The first-order chi connectivity index (χ1) is 8.81. The van der Waals surface area contributed by atoms with E-state index in [4.69, 9.17) is 0 Å². The lowest BCUT2D eigenvalue weighted by Crippen LogP contribution is -2.26. The van der Waals surface area contributed by atoms with Crippen LogP contribution in [0, 0.1) is 5.41 Å². The first-order valence-corrected chi connectivity index (χ1v) is 7.87. The van der Waals surface area contributed by atoms with Crippen LogP contribution in [0.5, 0.6) is 0 Å². The summed E-state index contributed by atoms with van der Waals surface area (Å²) in [5.74, 6) is 0. The lowest BCUT2D eigenvalue weighted by Gasteiger charge is -2.11. The Morgan fingerprint density at radius 3 is 2.94 bits per heavy atom. The standard InChI is InChI=1S/C13H16N2OS2/c16-9-13(3-4-13)8-14-6-10-7-18-12(15-10)11-2-1-5-17-11/h1-2,5,7,14,16H,3-4,6,8-9H2. The number of nitrogens with one attached hydrogen (secondary N) is 1. The van der Waals surface area contributed by atoms with Crippen LogP contribution in [0.3, 0.4) is 0 Å². The van der Waals surface area contributed by atoms with Gasteiger partial charge in [-0.1, -0.05) is 6.07 Å². The molecule has 96 valence electrons. The maximum atomic E-state index is 9.23. The molecule has 0 amide bonds. The van der Waals surface area contributed by atoms with Gasteiger partial charge < -0.3 is 10.4 Å². The van der Waals surface area contributed by atoms with Gasteiger partial charge in [0.05, 0.1) is 10.6 Å². The van der Waals surface area contributed by atoms with Crippen molar-refractivity contribution in [3.8, 4) is 9.88 Å². The number of hydrogen-bond donors (Lipinski definition) is 2. The minimum absolute atomic E-state index is 0.173. The second-order valence-electron chi connectivity index (χ2n) is 4.88. The van der Waals surface area contributed by atoms with Crippen molar-refractivity contribution < 1.29 is 5.11 Å². The largest absolute Gasteiger partial charge is 0.396 e. The fraction of sp³-hybridized carbons (Fsp3) is 0.462. The van der Waals surface area contributed by atoms with Gasteiger partial charge in [0.15, 0.2) is 0 Å². The highest BCUT2D eigenvalue weighted by atomic mass is 32.1. The van der Waals surface area contributed by atoms with E-state index < -0.39 is 0 Å². The minimum atomic E-state index is 0.173. The number of nitrogens with zero attached hydrogens (tertiary/aromatic N) is 1. The summed E-state index contributed by atoms with van der Waals surface area (Å²) in [6, 6.07) is 4.16. The van der Waals surface area contributed by atoms with Crippen molar-refractivity contribution in [2.45, 2.75) is 19.4 Å². The molecule has 3 nitrogen and oxygen atoms in total. The van der Waals surface area contributed by atoms with Crippen molar-refractivity contribution >= 4 is 22.7 Å². The summed E-state index contributed by atoms with van der Waals surface area (Å²) < 4.78 is 0. The SMILES string of the molecule is OCC1(CNCc2csc(-c3cccs3)n2)CC1.